The van der Waals surface area contributed by atoms with Gasteiger partial charge in [0, 0.05) is 25.5 Å². The van der Waals surface area contributed by atoms with Crippen molar-refractivity contribution in [2.24, 2.45) is 0 Å². The number of carbonyl (C=O) groups is 2. The van der Waals surface area contributed by atoms with Gasteiger partial charge in [-0.3, -0.25) is 4.79 Å². The third-order valence-electron chi connectivity index (χ3n) is 3.74. The van der Waals surface area contributed by atoms with Crippen LogP contribution in [-0.2, 0) is 9.53 Å². The molecule has 0 aromatic heterocycles. The van der Waals surface area contributed by atoms with Gasteiger partial charge >= 0.3 is 5.97 Å². The van der Waals surface area contributed by atoms with Crippen molar-refractivity contribution in [2.45, 2.75) is 13.8 Å². The maximum absolute atomic E-state index is 12.0. The van der Waals surface area contributed by atoms with E-state index in [0.717, 1.165) is 16.8 Å². The first kappa shape index (κ1) is 17.5. The number of benzene rings is 2. The highest BCUT2D eigenvalue weighted by Gasteiger charge is 2.11. The summed E-state index contributed by atoms with van der Waals surface area (Å²) in [5.74, 6) is -0.874. The van der Waals surface area contributed by atoms with Gasteiger partial charge < -0.3 is 15.0 Å². The Balaban J connectivity index is 1.88. The third kappa shape index (κ3) is 4.59. The van der Waals surface area contributed by atoms with Crippen LogP contribution in [-0.4, -0.2) is 32.6 Å². The first-order chi connectivity index (χ1) is 11.4. The Bertz CT molecular complexity index is 737. The minimum Gasteiger partial charge on any atom is -0.452 e. The number of aryl methyl sites for hydroxylation is 2. The number of esters is 1. The molecule has 0 fully saturated rings. The van der Waals surface area contributed by atoms with Crippen LogP contribution in [0.5, 0.6) is 0 Å². The summed E-state index contributed by atoms with van der Waals surface area (Å²) in [4.78, 5) is 25.8. The predicted octanol–water partition coefficient (Wildman–Crippen LogP) is 3.16. The molecule has 5 heteroatoms. The minimum atomic E-state index is -0.504. The number of ether oxygens (including phenoxy) is 1. The fourth-order valence-electron chi connectivity index (χ4n) is 2.12. The van der Waals surface area contributed by atoms with Crippen molar-refractivity contribution in [1.82, 2.24) is 0 Å². The lowest BCUT2D eigenvalue weighted by molar-refractivity contribution is -0.119. The van der Waals surface area contributed by atoms with Crippen molar-refractivity contribution in [1.29, 1.82) is 0 Å². The molecule has 2 rings (SSSR count). The van der Waals surface area contributed by atoms with E-state index in [1.807, 2.05) is 51.0 Å². The van der Waals surface area contributed by atoms with Crippen LogP contribution in [0, 0.1) is 13.8 Å². The predicted molar refractivity (Wildman–Crippen MR) is 95.6 cm³/mol. The highest BCUT2D eigenvalue weighted by Crippen LogP contribution is 2.15. The van der Waals surface area contributed by atoms with E-state index in [0.29, 0.717) is 11.3 Å². The molecule has 2 aromatic carbocycles. The van der Waals surface area contributed by atoms with E-state index in [1.165, 1.54) is 0 Å². The standard InChI is InChI=1S/C19H22N2O3/c1-13-5-6-15(11-14(13)2)19(23)24-12-18(22)20-16-7-9-17(10-8-16)21(3)4/h5-11H,12H2,1-4H3,(H,20,22). The molecule has 0 spiro atoms. The second-order valence-corrected chi connectivity index (χ2v) is 5.86. The van der Waals surface area contributed by atoms with Gasteiger partial charge in [0.05, 0.1) is 5.56 Å². The molecule has 0 aliphatic carbocycles. The summed E-state index contributed by atoms with van der Waals surface area (Å²) in [6.45, 7) is 3.58. The van der Waals surface area contributed by atoms with Gasteiger partial charge in [-0.15, -0.1) is 0 Å². The Hall–Kier alpha value is -2.82. The Morgan fingerprint density at radius 1 is 1.00 bits per heavy atom. The molecule has 0 unspecified atom stereocenters. The molecule has 0 aliphatic heterocycles. The van der Waals surface area contributed by atoms with E-state index in [2.05, 4.69) is 5.32 Å². The number of carbonyl (C=O) groups excluding carboxylic acids is 2. The molecule has 1 amide bonds. The van der Waals surface area contributed by atoms with Crippen molar-refractivity contribution in [3.8, 4) is 0 Å². The van der Waals surface area contributed by atoms with Crippen LogP contribution >= 0.6 is 0 Å². The summed E-state index contributed by atoms with van der Waals surface area (Å²) < 4.78 is 5.06. The SMILES string of the molecule is Cc1ccc(C(=O)OCC(=O)Nc2ccc(N(C)C)cc2)cc1C. The summed E-state index contributed by atoms with van der Waals surface area (Å²) in [6.07, 6.45) is 0. The number of amides is 1. The van der Waals surface area contributed by atoms with Crippen LogP contribution in [0.1, 0.15) is 21.5 Å². The summed E-state index contributed by atoms with van der Waals surface area (Å²) in [6, 6.07) is 12.7. The van der Waals surface area contributed by atoms with Crippen molar-refractivity contribution >= 4 is 23.3 Å². The second-order valence-electron chi connectivity index (χ2n) is 5.86. The molecular formula is C19H22N2O3. The first-order valence-electron chi connectivity index (χ1n) is 7.68. The van der Waals surface area contributed by atoms with Crippen molar-refractivity contribution in [3.63, 3.8) is 0 Å². The largest absolute Gasteiger partial charge is 0.452 e. The van der Waals surface area contributed by atoms with Gasteiger partial charge in [-0.2, -0.15) is 0 Å². The van der Waals surface area contributed by atoms with Crippen LogP contribution in [0.2, 0.25) is 0 Å². The lowest BCUT2D eigenvalue weighted by Crippen LogP contribution is -2.21. The highest BCUT2D eigenvalue weighted by atomic mass is 16.5. The average molecular weight is 326 g/mol. The van der Waals surface area contributed by atoms with E-state index in [9.17, 15) is 9.59 Å². The van der Waals surface area contributed by atoms with Gasteiger partial charge in [-0.05, 0) is 61.4 Å². The molecule has 0 atom stereocenters. The summed E-state index contributed by atoms with van der Waals surface area (Å²) in [5.41, 5.74) is 4.25. The summed E-state index contributed by atoms with van der Waals surface area (Å²) in [5, 5.41) is 2.70. The van der Waals surface area contributed by atoms with Crippen LogP contribution < -0.4 is 10.2 Å². The molecule has 5 nitrogen and oxygen atoms in total. The van der Waals surface area contributed by atoms with Gasteiger partial charge in [-0.25, -0.2) is 4.79 Å². The molecule has 0 radical (unpaired) electrons. The third-order valence-corrected chi connectivity index (χ3v) is 3.74. The number of rotatable bonds is 5. The average Bonchev–Trinajstić information content (AvgIpc) is 2.55. The molecule has 0 saturated heterocycles. The fraction of sp³-hybridized carbons (Fsp3) is 0.263. The Morgan fingerprint density at radius 2 is 1.67 bits per heavy atom. The maximum Gasteiger partial charge on any atom is 0.338 e. The molecule has 1 N–H and O–H groups in total. The van der Waals surface area contributed by atoms with Gasteiger partial charge in [0.2, 0.25) is 0 Å². The lowest BCUT2D eigenvalue weighted by atomic mass is 10.1. The normalized spacial score (nSPS) is 10.2. The Labute approximate surface area is 142 Å². The molecule has 24 heavy (non-hydrogen) atoms. The molecule has 126 valence electrons. The molecule has 0 bridgehead atoms. The van der Waals surface area contributed by atoms with Crippen LogP contribution in [0.25, 0.3) is 0 Å². The maximum atomic E-state index is 12.0. The lowest BCUT2D eigenvalue weighted by Gasteiger charge is -2.13. The van der Waals surface area contributed by atoms with E-state index < -0.39 is 5.97 Å². The highest BCUT2D eigenvalue weighted by molar-refractivity contribution is 5.95. The van der Waals surface area contributed by atoms with Gasteiger partial charge in [0.25, 0.3) is 5.91 Å². The monoisotopic (exact) mass is 326 g/mol. The van der Waals surface area contributed by atoms with Gasteiger partial charge in [0.1, 0.15) is 0 Å². The molecular weight excluding hydrogens is 304 g/mol. The fourth-order valence-corrected chi connectivity index (χ4v) is 2.12. The quantitative estimate of drug-likeness (QED) is 0.858. The van der Waals surface area contributed by atoms with Crippen LogP contribution in [0.3, 0.4) is 0 Å². The Kier molecular flexibility index (Phi) is 5.58. The molecule has 2 aromatic rings. The number of nitrogens with one attached hydrogen (secondary N) is 1. The van der Waals surface area contributed by atoms with Crippen LogP contribution in [0.4, 0.5) is 11.4 Å². The zero-order valence-electron chi connectivity index (χ0n) is 14.4. The number of nitrogens with zero attached hydrogens (tertiary/aromatic N) is 1. The van der Waals surface area contributed by atoms with E-state index in [4.69, 9.17) is 4.74 Å². The molecule has 0 heterocycles. The molecule has 0 saturated carbocycles. The van der Waals surface area contributed by atoms with Crippen LogP contribution in [0.15, 0.2) is 42.5 Å². The first-order valence-corrected chi connectivity index (χ1v) is 7.68. The number of hydrogen-bond donors (Lipinski definition) is 1. The van der Waals surface area contributed by atoms with Crippen molar-refractivity contribution in [2.75, 3.05) is 30.9 Å². The molecule has 0 aliphatic rings. The van der Waals surface area contributed by atoms with E-state index in [1.54, 1.807) is 24.3 Å². The zero-order valence-corrected chi connectivity index (χ0v) is 14.4. The second kappa shape index (κ2) is 7.64. The van der Waals surface area contributed by atoms with Gasteiger partial charge in [-0.1, -0.05) is 6.07 Å². The smallest absolute Gasteiger partial charge is 0.338 e. The van der Waals surface area contributed by atoms with E-state index >= 15 is 0 Å². The van der Waals surface area contributed by atoms with Gasteiger partial charge in [0.15, 0.2) is 6.61 Å². The number of anilines is 2. The summed E-state index contributed by atoms with van der Waals surface area (Å²) >= 11 is 0. The number of hydrogen-bond acceptors (Lipinski definition) is 4. The minimum absolute atomic E-state index is 0.318. The summed E-state index contributed by atoms with van der Waals surface area (Å²) in [7, 11) is 3.89. The van der Waals surface area contributed by atoms with Crippen molar-refractivity contribution in [3.05, 3.63) is 59.2 Å². The zero-order chi connectivity index (χ0) is 17.7. The van der Waals surface area contributed by atoms with Crippen molar-refractivity contribution < 1.29 is 14.3 Å². The van der Waals surface area contributed by atoms with E-state index in [-0.39, 0.29) is 12.5 Å². The topological polar surface area (TPSA) is 58.6 Å². The Morgan fingerprint density at radius 3 is 2.25 bits per heavy atom.